The summed E-state index contributed by atoms with van der Waals surface area (Å²) in [4.78, 5) is 70.6. The van der Waals surface area contributed by atoms with Crippen LogP contribution in [0, 0.1) is 17.2 Å². The zero-order valence-corrected chi connectivity index (χ0v) is 40.2. The number of hydrogen-bond acceptors (Lipinski definition) is 12. The van der Waals surface area contributed by atoms with Crippen LogP contribution in [-0.4, -0.2) is 138 Å². The van der Waals surface area contributed by atoms with E-state index in [2.05, 4.69) is 25.0 Å². The Bertz CT molecular complexity index is 2480. The number of rotatable bonds is 16. The van der Waals surface area contributed by atoms with Crippen LogP contribution in [0.2, 0.25) is 0 Å². The Morgan fingerprint density at radius 2 is 1.69 bits per heavy atom. The minimum atomic E-state index is -5.09. The number of aromatic nitrogens is 3. The fourth-order valence-electron chi connectivity index (χ4n) is 9.48. The number of alkyl carbamates (subject to hydrolysis) is 1. The minimum absolute atomic E-state index is 0.0288. The first kappa shape index (κ1) is 51.7. The molecule has 5 heterocycles. The number of ketones is 1. The summed E-state index contributed by atoms with van der Waals surface area (Å²) in [7, 11) is 2.79. The average molecular weight is 980 g/mol. The van der Waals surface area contributed by atoms with Gasteiger partial charge in [0.1, 0.15) is 29.3 Å². The maximum Gasteiger partial charge on any atom is 0.573 e. The van der Waals surface area contributed by atoms with Crippen molar-refractivity contribution >= 4 is 29.5 Å². The molecule has 20 heteroatoms. The number of pyridine rings is 1. The van der Waals surface area contributed by atoms with Crippen molar-refractivity contribution in [3.05, 3.63) is 83.7 Å². The second kappa shape index (κ2) is 21.9. The van der Waals surface area contributed by atoms with E-state index in [0.717, 1.165) is 12.1 Å². The molecule has 0 spiro atoms. The van der Waals surface area contributed by atoms with Crippen molar-refractivity contribution in [2.24, 2.45) is 11.3 Å². The highest BCUT2D eigenvalue weighted by molar-refractivity contribution is 5.96. The van der Waals surface area contributed by atoms with Crippen LogP contribution in [0.4, 0.5) is 28.2 Å². The van der Waals surface area contributed by atoms with E-state index in [1.165, 1.54) is 13.3 Å². The van der Waals surface area contributed by atoms with E-state index >= 15 is 4.39 Å². The second-order valence-corrected chi connectivity index (χ2v) is 18.9. The Morgan fingerprint density at radius 1 is 0.971 bits per heavy atom. The molecule has 16 nitrogen and oxygen atoms in total. The number of carbonyl (C=O) groups excluding carboxylic acids is 4. The van der Waals surface area contributed by atoms with Gasteiger partial charge in [0, 0.05) is 82.7 Å². The number of ether oxygens (including phenoxy) is 4. The van der Waals surface area contributed by atoms with Crippen LogP contribution >= 0.6 is 0 Å². The summed E-state index contributed by atoms with van der Waals surface area (Å²) >= 11 is 0. The highest BCUT2D eigenvalue weighted by Gasteiger charge is 2.44. The molecular weight excluding hydrogens is 919 g/mol. The lowest BCUT2D eigenvalue weighted by Gasteiger charge is -2.42. The predicted molar refractivity (Wildman–Crippen MR) is 249 cm³/mol. The standard InChI is InChI=1S/C50H61F4N7O9/c1-29(7-13-41(63)34-12-14-43(55-24-34)60-18-17-59(26-30(60)2)47(65)49(3,4)28-62)36-23-42(70-50(52,53)54)37(22-38(36)51)31-8-10-32(11-9-31)39-25-56-45(57-39)40-21-35(67-5)27-61(40)46(64)44(58-48(66)68-6)33-15-19-69-20-16-33/h8-12,14,22-25,29-30,33,35,40,44,62H,7,13,15-21,26-28H2,1-6H3,(H,56,57)(H,58,66)/t29?,30-,35+,40+,44+/m1/s1. The third-order valence-electron chi connectivity index (χ3n) is 13.7. The Labute approximate surface area is 404 Å². The molecule has 0 bridgehead atoms. The van der Waals surface area contributed by atoms with Gasteiger partial charge in [0.05, 0.1) is 43.2 Å². The number of benzene rings is 2. The van der Waals surface area contributed by atoms with Crippen molar-refractivity contribution in [3.63, 3.8) is 0 Å². The number of nitrogens with one attached hydrogen (secondary N) is 2. The highest BCUT2D eigenvalue weighted by atomic mass is 19.4. The van der Waals surface area contributed by atoms with E-state index in [-0.39, 0.29) is 78.3 Å². The van der Waals surface area contributed by atoms with E-state index in [4.69, 9.17) is 14.2 Å². The molecule has 4 aromatic rings. The maximum atomic E-state index is 16.0. The van der Waals surface area contributed by atoms with Gasteiger partial charge in [0.15, 0.2) is 5.78 Å². The number of carbonyl (C=O) groups is 4. The van der Waals surface area contributed by atoms with E-state index in [1.807, 2.05) is 11.8 Å². The molecule has 7 rings (SSSR count). The summed E-state index contributed by atoms with van der Waals surface area (Å²) in [5.41, 5.74) is 0.668. The molecule has 2 aromatic heterocycles. The topological polar surface area (TPSA) is 189 Å². The van der Waals surface area contributed by atoms with Crippen LogP contribution in [0.15, 0.2) is 60.9 Å². The summed E-state index contributed by atoms with van der Waals surface area (Å²) in [5, 5.41) is 12.4. The molecule has 3 aliphatic heterocycles. The number of anilines is 1. The molecule has 3 aliphatic rings. The van der Waals surface area contributed by atoms with Crippen molar-refractivity contribution in [1.82, 2.24) is 30.1 Å². The molecule has 3 saturated heterocycles. The van der Waals surface area contributed by atoms with Crippen LogP contribution in [0.1, 0.15) is 93.5 Å². The number of likely N-dealkylation sites (tertiary alicyclic amines) is 1. The molecule has 0 aliphatic carbocycles. The summed E-state index contributed by atoms with van der Waals surface area (Å²) in [5.74, 6) is -1.82. The lowest BCUT2D eigenvalue weighted by molar-refractivity contribution is -0.274. The lowest BCUT2D eigenvalue weighted by Crippen LogP contribution is -2.56. The Kier molecular flexibility index (Phi) is 16.2. The lowest BCUT2D eigenvalue weighted by atomic mass is 9.90. The molecule has 5 atom stereocenters. The first-order valence-electron chi connectivity index (χ1n) is 23.5. The molecular formula is C50H61F4N7O9. The Balaban J connectivity index is 1.02. The van der Waals surface area contributed by atoms with E-state index in [1.54, 1.807) is 80.3 Å². The van der Waals surface area contributed by atoms with Crippen molar-refractivity contribution in [3.8, 4) is 28.1 Å². The summed E-state index contributed by atoms with van der Waals surface area (Å²) in [6, 6.07) is 10.3. The Morgan fingerprint density at radius 3 is 2.31 bits per heavy atom. The van der Waals surface area contributed by atoms with Crippen LogP contribution in [-0.2, 0) is 23.8 Å². The van der Waals surface area contributed by atoms with Crippen LogP contribution < -0.4 is 15.0 Å². The van der Waals surface area contributed by atoms with E-state index in [0.29, 0.717) is 80.6 Å². The molecule has 3 fully saturated rings. The summed E-state index contributed by atoms with van der Waals surface area (Å²) in [6.45, 7) is 9.30. The molecule has 0 saturated carbocycles. The number of hydrogen-bond donors (Lipinski definition) is 3. The maximum absolute atomic E-state index is 16.0. The van der Waals surface area contributed by atoms with Gasteiger partial charge in [-0.1, -0.05) is 31.2 Å². The average Bonchev–Trinajstić information content (AvgIpc) is 4.03. The zero-order chi connectivity index (χ0) is 50.5. The minimum Gasteiger partial charge on any atom is -0.453 e. The molecule has 3 N–H and O–H groups in total. The second-order valence-electron chi connectivity index (χ2n) is 18.9. The third-order valence-corrected chi connectivity index (χ3v) is 13.7. The monoisotopic (exact) mass is 979 g/mol. The largest absolute Gasteiger partial charge is 0.573 e. The predicted octanol–water partition coefficient (Wildman–Crippen LogP) is 7.44. The van der Waals surface area contributed by atoms with Gasteiger partial charge in [-0.25, -0.2) is 19.2 Å². The molecule has 0 radical (unpaired) electrons. The van der Waals surface area contributed by atoms with Gasteiger partial charge in [-0.15, -0.1) is 13.2 Å². The fourth-order valence-corrected chi connectivity index (χ4v) is 9.48. The normalized spacial score (nSPS) is 20.0. The van der Waals surface area contributed by atoms with Gasteiger partial charge in [0.2, 0.25) is 11.8 Å². The van der Waals surface area contributed by atoms with Crippen molar-refractivity contribution in [1.29, 1.82) is 0 Å². The number of piperazine rings is 1. The number of imidazole rings is 1. The smallest absolute Gasteiger partial charge is 0.453 e. The summed E-state index contributed by atoms with van der Waals surface area (Å²) < 4.78 is 78.0. The third kappa shape index (κ3) is 11.9. The molecule has 378 valence electrons. The SMILES string of the molecule is COC(=O)N[C@H](C(=O)N1C[C@@H](OC)C[C@H]1c1ncc(-c2ccc(-c3cc(F)c(C(C)CCC(=O)c4ccc(N5CCN(C(=O)C(C)(C)CO)C[C@H]5C)nc4)cc3OC(F)(F)F)cc2)[nH]1)C1CCOCC1. The fraction of sp³-hybridized carbons (Fsp3) is 0.520. The molecule has 1 unspecified atom stereocenters. The number of H-pyrrole nitrogens is 1. The number of nitrogens with zero attached hydrogens (tertiary/aromatic N) is 5. The number of alkyl halides is 3. The number of aromatic amines is 1. The van der Waals surface area contributed by atoms with Gasteiger partial charge in [0.25, 0.3) is 0 Å². The van der Waals surface area contributed by atoms with Crippen LogP contribution in [0.3, 0.4) is 0 Å². The number of methoxy groups -OCH3 is 2. The van der Waals surface area contributed by atoms with Crippen LogP contribution in [0.25, 0.3) is 22.4 Å². The Hall–Kier alpha value is -6.12. The van der Waals surface area contributed by atoms with Gasteiger partial charge in [-0.3, -0.25) is 14.4 Å². The molecule has 2 aromatic carbocycles. The summed E-state index contributed by atoms with van der Waals surface area (Å²) in [6.07, 6.45) is -1.41. The first-order chi connectivity index (χ1) is 33.3. The number of amides is 3. The number of halogens is 4. The van der Waals surface area contributed by atoms with Crippen molar-refractivity contribution in [2.45, 2.75) is 96.3 Å². The zero-order valence-electron chi connectivity index (χ0n) is 40.2. The number of aliphatic hydroxyl groups is 1. The van der Waals surface area contributed by atoms with Crippen molar-refractivity contribution in [2.75, 3.05) is 65.1 Å². The molecule has 3 amide bonds. The first-order valence-corrected chi connectivity index (χ1v) is 23.5. The number of Topliss-reactive ketones (excluding diaryl/α,β-unsaturated/α-hetero) is 1. The van der Waals surface area contributed by atoms with Gasteiger partial charge < -0.3 is 49.1 Å². The number of aliphatic hydroxyl groups excluding tert-OH is 1. The quantitative estimate of drug-likeness (QED) is 0.0745. The van der Waals surface area contributed by atoms with Gasteiger partial charge >= 0.3 is 12.5 Å². The molecule has 70 heavy (non-hydrogen) atoms. The van der Waals surface area contributed by atoms with Gasteiger partial charge in [-0.2, -0.15) is 0 Å². The van der Waals surface area contributed by atoms with E-state index < -0.39 is 47.4 Å². The van der Waals surface area contributed by atoms with E-state index in [9.17, 15) is 37.5 Å². The van der Waals surface area contributed by atoms with Crippen LogP contribution in [0.5, 0.6) is 5.75 Å². The van der Waals surface area contributed by atoms with Crippen molar-refractivity contribution < 1.29 is 60.8 Å². The van der Waals surface area contributed by atoms with Gasteiger partial charge in [-0.05, 0) is 92.8 Å². The highest BCUT2D eigenvalue weighted by Crippen LogP contribution is 2.40.